The van der Waals surface area contributed by atoms with Crippen molar-refractivity contribution in [1.82, 2.24) is 0 Å². The van der Waals surface area contributed by atoms with Crippen LogP contribution in [0.4, 0.5) is 17.1 Å². The molecule has 0 aliphatic heterocycles. The van der Waals surface area contributed by atoms with Crippen LogP contribution in [0, 0.1) is 13.8 Å². The van der Waals surface area contributed by atoms with Crippen LogP contribution in [0.5, 0.6) is 0 Å². The summed E-state index contributed by atoms with van der Waals surface area (Å²) in [6, 6.07) is 12.1. The molecule has 3 N–H and O–H groups in total. The molecule has 2 aromatic rings. The minimum atomic E-state index is -0.638. The molecule has 0 aliphatic carbocycles. The van der Waals surface area contributed by atoms with E-state index < -0.39 is 18.5 Å². The fraction of sp³-hybridized carbons (Fsp3) is 0.273. The Kier molecular flexibility index (Phi) is 8.10. The molecule has 0 bridgehead atoms. The summed E-state index contributed by atoms with van der Waals surface area (Å²) in [4.78, 5) is 46.6. The summed E-state index contributed by atoms with van der Waals surface area (Å²) < 4.78 is 4.90. The first-order valence-corrected chi connectivity index (χ1v) is 9.43. The molecule has 0 aliphatic rings. The Morgan fingerprint density at radius 2 is 1.30 bits per heavy atom. The van der Waals surface area contributed by atoms with Crippen molar-refractivity contribution in [2.24, 2.45) is 0 Å². The summed E-state index contributed by atoms with van der Waals surface area (Å²) >= 11 is 0. The lowest BCUT2D eigenvalue weighted by Crippen LogP contribution is -2.21. The number of anilines is 3. The van der Waals surface area contributed by atoms with Gasteiger partial charge in [-0.1, -0.05) is 6.07 Å². The monoisotopic (exact) mass is 411 g/mol. The number of carbonyl (C=O) groups is 4. The highest BCUT2D eigenvalue weighted by molar-refractivity contribution is 5.95. The van der Waals surface area contributed by atoms with Crippen molar-refractivity contribution in [3.05, 3.63) is 53.6 Å². The van der Waals surface area contributed by atoms with E-state index in [9.17, 15) is 19.2 Å². The van der Waals surface area contributed by atoms with Crippen LogP contribution in [-0.2, 0) is 23.9 Å². The smallest absolute Gasteiger partial charge is 0.306 e. The topological polar surface area (TPSA) is 114 Å². The number of rotatable bonds is 8. The standard InChI is InChI=1S/C22H25N3O5/c1-14-4-5-19(12-15(14)2)25-20(27)10-11-22(29)30-13-21(28)24-18-8-6-17(7-9-18)23-16(3)26/h4-9,12H,10-11,13H2,1-3H3,(H,23,26)(H,24,28)(H,25,27). The molecule has 30 heavy (non-hydrogen) atoms. The summed E-state index contributed by atoms with van der Waals surface area (Å²) in [6.45, 7) is 4.88. The zero-order valence-corrected chi connectivity index (χ0v) is 17.2. The maximum absolute atomic E-state index is 12.0. The van der Waals surface area contributed by atoms with Crippen molar-refractivity contribution in [2.45, 2.75) is 33.6 Å². The summed E-state index contributed by atoms with van der Waals surface area (Å²) in [5.41, 5.74) is 3.95. The molecule has 0 unspecified atom stereocenters. The fourth-order valence-corrected chi connectivity index (χ4v) is 2.51. The van der Waals surface area contributed by atoms with Gasteiger partial charge in [-0.3, -0.25) is 19.2 Å². The molecule has 2 aromatic carbocycles. The predicted molar refractivity (Wildman–Crippen MR) is 114 cm³/mol. The molecular formula is C22H25N3O5. The van der Waals surface area contributed by atoms with Gasteiger partial charge in [-0.05, 0) is 61.4 Å². The first kappa shape index (κ1) is 22.6. The largest absolute Gasteiger partial charge is 0.456 e. The van der Waals surface area contributed by atoms with Crippen molar-refractivity contribution < 1.29 is 23.9 Å². The van der Waals surface area contributed by atoms with Crippen molar-refractivity contribution in [2.75, 3.05) is 22.6 Å². The predicted octanol–water partition coefficient (Wildman–Crippen LogP) is 3.16. The number of benzene rings is 2. The maximum atomic E-state index is 12.0. The van der Waals surface area contributed by atoms with E-state index in [0.717, 1.165) is 11.1 Å². The molecule has 0 saturated carbocycles. The van der Waals surface area contributed by atoms with Gasteiger partial charge >= 0.3 is 5.97 Å². The lowest BCUT2D eigenvalue weighted by Gasteiger charge is -2.09. The van der Waals surface area contributed by atoms with Crippen LogP contribution < -0.4 is 16.0 Å². The summed E-state index contributed by atoms with van der Waals surface area (Å²) in [7, 11) is 0. The highest BCUT2D eigenvalue weighted by Gasteiger charge is 2.11. The normalized spacial score (nSPS) is 10.1. The molecular weight excluding hydrogens is 386 g/mol. The molecule has 0 saturated heterocycles. The minimum absolute atomic E-state index is 0.0437. The molecule has 2 rings (SSSR count). The number of aryl methyl sites for hydroxylation is 2. The average Bonchev–Trinajstić information content (AvgIpc) is 2.69. The van der Waals surface area contributed by atoms with E-state index in [4.69, 9.17) is 4.74 Å². The molecule has 0 heterocycles. The second kappa shape index (κ2) is 10.8. The Balaban J connectivity index is 1.69. The van der Waals surface area contributed by atoms with Crippen LogP contribution >= 0.6 is 0 Å². The minimum Gasteiger partial charge on any atom is -0.456 e. The number of hydrogen-bond donors (Lipinski definition) is 3. The molecule has 8 heteroatoms. The Morgan fingerprint density at radius 3 is 1.90 bits per heavy atom. The van der Waals surface area contributed by atoms with E-state index >= 15 is 0 Å². The third kappa shape index (κ3) is 7.75. The lowest BCUT2D eigenvalue weighted by atomic mass is 10.1. The zero-order valence-electron chi connectivity index (χ0n) is 17.2. The van der Waals surface area contributed by atoms with Crippen molar-refractivity contribution >= 4 is 40.8 Å². The SMILES string of the molecule is CC(=O)Nc1ccc(NC(=O)COC(=O)CCC(=O)Nc2ccc(C)c(C)c2)cc1. The molecule has 0 radical (unpaired) electrons. The number of amides is 3. The van der Waals surface area contributed by atoms with Crippen molar-refractivity contribution in [3.63, 3.8) is 0 Å². The molecule has 0 aromatic heterocycles. The summed E-state index contributed by atoms with van der Waals surface area (Å²) in [6.07, 6.45) is -0.173. The second-order valence-electron chi connectivity index (χ2n) is 6.81. The van der Waals surface area contributed by atoms with Crippen LogP contribution in [0.25, 0.3) is 0 Å². The number of esters is 1. The fourth-order valence-electron chi connectivity index (χ4n) is 2.51. The third-order valence-electron chi connectivity index (χ3n) is 4.20. The summed E-state index contributed by atoms with van der Waals surface area (Å²) in [5, 5.41) is 7.92. The van der Waals surface area contributed by atoms with Crippen LogP contribution in [0.2, 0.25) is 0 Å². The van der Waals surface area contributed by atoms with Gasteiger partial charge in [0.25, 0.3) is 5.91 Å². The Labute approximate surface area is 175 Å². The Morgan fingerprint density at radius 1 is 0.733 bits per heavy atom. The van der Waals surface area contributed by atoms with E-state index in [1.165, 1.54) is 6.92 Å². The Bertz CT molecular complexity index is 938. The number of nitrogens with one attached hydrogen (secondary N) is 3. The van der Waals surface area contributed by atoms with Gasteiger partial charge in [-0.25, -0.2) is 0 Å². The van der Waals surface area contributed by atoms with Crippen molar-refractivity contribution in [1.29, 1.82) is 0 Å². The van der Waals surface area contributed by atoms with E-state index in [2.05, 4.69) is 16.0 Å². The molecule has 3 amide bonds. The number of hydrogen-bond acceptors (Lipinski definition) is 5. The van der Waals surface area contributed by atoms with E-state index in [1.807, 2.05) is 26.0 Å². The lowest BCUT2D eigenvalue weighted by molar-refractivity contribution is -0.147. The highest BCUT2D eigenvalue weighted by atomic mass is 16.5. The zero-order chi connectivity index (χ0) is 22.1. The van der Waals surface area contributed by atoms with Crippen LogP contribution in [0.15, 0.2) is 42.5 Å². The molecule has 158 valence electrons. The first-order chi connectivity index (χ1) is 14.2. The molecule has 0 spiro atoms. The highest BCUT2D eigenvalue weighted by Crippen LogP contribution is 2.15. The summed E-state index contributed by atoms with van der Waals surface area (Å²) in [5.74, 6) is -1.64. The van der Waals surface area contributed by atoms with Gasteiger partial charge in [0, 0.05) is 30.4 Å². The van der Waals surface area contributed by atoms with Crippen molar-refractivity contribution in [3.8, 4) is 0 Å². The van der Waals surface area contributed by atoms with Gasteiger partial charge in [0.2, 0.25) is 11.8 Å². The van der Waals surface area contributed by atoms with Gasteiger partial charge in [0.1, 0.15) is 0 Å². The van der Waals surface area contributed by atoms with Crippen LogP contribution in [-0.4, -0.2) is 30.3 Å². The van der Waals surface area contributed by atoms with Gasteiger partial charge in [-0.15, -0.1) is 0 Å². The number of ether oxygens (including phenoxy) is 1. The first-order valence-electron chi connectivity index (χ1n) is 9.43. The third-order valence-corrected chi connectivity index (χ3v) is 4.20. The number of carbonyl (C=O) groups excluding carboxylic acids is 4. The van der Waals surface area contributed by atoms with Crippen LogP contribution in [0.1, 0.15) is 30.9 Å². The maximum Gasteiger partial charge on any atom is 0.306 e. The van der Waals surface area contributed by atoms with Gasteiger partial charge < -0.3 is 20.7 Å². The second-order valence-corrected chi connectivity index (χ2v) is 6.81. The average molecular weight is 411 g/mol. The van der Waals surface area contributed by atoms with E-state index in [-0.39, 0.29) is 24.7 Å². The quantitative estimate of drug-likeness (QED) is 0.578. The van der Waals surface area contributed by atoms with Gasteiger partial charge in [0.15, 0.2) is 6.61 Å². The Hall–Kier alpha value is -3.68. The molecule has 0 fully saturated rings. The van der Waals surface area contributed by atoms with Gasteiger partial charge in [-0.2, -0.15) is 0 Å². The molecule has 0 atom stereocenters. The van der Waals surface area contributed by atoms with Crippen LogP contribution in [0.3, 0.4) is 0 Å². The van der Waals surface area contributed by atoms with E-state index in [1.54, 1.807) is 30.3 Å². The van der Waals surface area contributed by atoms with Gasteiger partial charge in [0.05, 0.1) is 6.42 Å². The molecule has 8 nitrogen and oxygen atoms in total. The van der Waals surface area contributed by atoms with E-state index in [0.29, 0.717) is 17.1 Å².